The average molecular weight is 382 g/mol. The number of sulfonamides is 1. The van der Waals surface area contributed by atoms with Crippen molar-refractivity contribution in [3.8, 4) is 11.5 Å². The van der Waals surface area contributed by atoms with Gasteiger partial charge in [0.05, 0.1) is 6.26 Å². The Hall–Kier alpha value is -1.80. The Balaban J connectivity index is 1.55. The molecule has 1 N–H and O–H groups in total. The van der Waals surface area contributed by atoms with Crippen molar-refractivity contribution in [2.75, 3.05) is 26.1 Å². The number of benzene rings is 1. The Bertz CT molecular complexity index is 744. The standard InChI is InChI=1S/C18H26N2O5S/c1-26(22,23)20(10-9-19-18(21)15-5-3-2-4-6-15)12-14-7-8-16-17(11-14)25-13-24-16/h7-8,11,15H,2-6,9-10,12-13H2,1H3,(H,19,21). The summed E-state index contributed by atoms with van der Waals surface area (Å²) in [6.07, 6.45) is 6.43. The average Bonchev–Trinajstić information content (AvgIpc) is 3.08. The van der Waals surface area contributed by atoms with Crippen LogP contribution in [0, 0.1) is 5.92 Å². The molecule has 0 radical (unpaired) electrons. The van der Waals surface area contributed by atoms with Gasteiger partial charge in [-0.1, -0.05) is 25.3 Å². The van der Waals surface area contributed by atoms with Crippen LogP contribution in [0.1, 0.15) is 37.7 Å². The summed E-state index contributed by atoms with van der Waals surface area (Å²) in [6, 6.07) is 5.40. The Morgan fingerprint density at radius 3 is 2.65 bits per heavy atom. The highest BCUT2D eigenvalue weighted by Gasteiger charge is 2.22. The zero-order chi connectivity index (χ0) is 18.6. The normalized spacial score (nSPS) is 17.5. The first kappa shape index (κ1) is 19.0. The Kier molecular flexibility index (Phi) is 6.03. The van der Waals surface area contributed by atoms with E-state index in [9.17, 15) is 13.2 Å². The molecule has 26 heavy (non-hydrogen) atoms. The number of carbonyl (C=O) groups excluding carboxylic acids is 1. The summed E-state index contributed by atoms with van der Waals surface area (Å²) in [5, 5.41) is 2.89. The van der Waals surface area contributed by atoms with Gasteiger partial charge in [-0.2, -0.15) is 4.31 Å². The molecule has 1 aliphatic heterocycles. The fourth-order valence-electron chi connectivity index (χ4n) is 3.42. The van der Waals surface area contributed by atoms with Crippen LogP contribution in [0.5, 0.6) is 11.5 Å². The molecule has 144 valence electrons. The summed E-state index contributed by atoms with van der Waals surface area (Å²) in [4.78, 5) is 12.2. The maximum Gasteiger partial charge on any atom is 0.231 e. The first-order chi connectivity index (χ1) is 12.4. The Morgan fingerprint density at radius 1 is 1.19 bits per heavy atom. The molecular formula is C18H26N2O5S. The summed E-state index contributed by atoms with van der Waals surface area (Å²) in [5.41, 5.74) is 0.818. The highest BCUT2D eigenvalue weighted by atomic mass is 32.2. The Morgan fingerprint density at radius 2 is 1.92 bits per heavy atom. The zero-order valence-electron chi connectivity index (χ0n) is 15.1. The molecule has 1 aromatic rings. The van der Waals surface area contributed by atoms with E-state index in [-0.39, 0.29) is 31.7 Å². The van der Waals surface area contributed by atoms with E-state index < -0.39 is 10.0 Å². The summed E-state index contributed by atoms with van der Waals surface area (Å²) in [6.45, 7) is 0.967. The summed E-state index contributed by atoms with van der Waals surface area (Å²) < 4.78 is 36.2. The number of ether oxygens (including phenoxy) is 2. The second-order valence-electron chi connectivity index (χ2n) is 6.91. The predicted molar refractivity (Wildman–Crippen MR) is 97.4 cm³/mol. The maximum absolute atomic E-state index is 12.2. The van der Waals surface area contributed by atoms with Crippen molar-refractivity contribution >= 4 is 15.9 Å². The third kappa shape index (κ3) is 4.88. The second kappa shape index (κ2) is 8.26. The highest BCUT2D eigenvalue weighted by Crippen LogP contribution is 2.33. The van der Waals surface area contributed by atoms with E-state index in [4.69, 9.17) is 9.47 Å². The molecule has 0 spiro atoms. The van der Waals surface area contributed by atoms with Crippen molar-refractivity contribution in [3.05, 3.63) is 23.8 Å². The molecule has 0 saturated heterocycles. The van der Waals surface area contributed by atoms with E-state index in [1.54, 1.807) is 12.1 Å². The van der Waals surface area contributed by atoms with Gasteiger partial charge in [0.25, 0.3) is 0 Å². The van der Waals surface area contributed by atoms with Crippen LogP contribution in [0.2, 0.25) is 0 Å². The highest BCUT2D eigenvalue weighted by molar-refractivity contribution is 7.88. The predicted octanol–water partition coefficient (Wildman–Crippen LogP) is 1.87. The van der Waals surface area contributed by atoms with Crippen LogP contribution in [-0.4, -0.2) is 44.8 Å². The Labute approximate surface area is 154 Å². The number of carbonyl (C=O) groups is 1. The van der Waals surface area contributed by atoms with E-state index in [1.807, 2.05) is 6.07 Å². The SMILES string of the molecule is CS(=O)(=O)N(CCNC(=O)C1CCCCC1)Cc1ccc2c(c1)OCO2. The molecule has 0 unspecified atom stereocenters. The summed E-state index contributed by atoms with van der Waals surface area (Å²) in [5.74, 6) is 1.41. The van der Waals surface area contributed by atoms with Crippen molar-refractivity contribution in [2.24, 2.45) is 5.92 Å². The molecule has 0 atom stereocenters. The van der Waals surface area contributed by atoms with Gasteiger partial charge >= 0.3 is 0 Å². The lowest BCUT2D eigenvalue weighted by molar-refractivity contribution is -0.125. The topological polar surface area (TPSA) is 84.9 Å². The smallest absolute Gasteiger partial charge is 0.231 e. The van der Waals surface area contributed by atoms with Crippen molar-refractivity contribution in [1.82, 2.24) is 9.62 Å². The van der Waals surface area contributed by atoms with E-state index in [1.165, 1.54) is 17.0 Å². The fraction of sp³-hybridized carbons (Fsp3) is 0.611. The van der Waals surface area contributed by atoms with Crippen molar-refractivity contribution in [2.45, 2.75) is 38.6 Å². The molecule has 0 aromatic heterocycles. The largest absolute Gasteiger partial charge is 0.454 e. The molecule has 1 aromatic carbocycles. The second-order valence-corrected chi connectivity index (χ2v) is 8.89. The van der Waals surface area contributed by atoms with Crippen LogP contribution in [-0.2, 0) is 21.4 Å². The fourth-order valence-corrected chi connectivity index (χ4v) is 4.22. The molecule has 1 saturated carbocycles. The molecule has 8 heteroatoms. The van der Waals surface area contributed by atoms with Crippen LogP contribution < -0.4 is 14.8 Å². The van der Waals surface area contributed by atoms with Crippen molar-refractivity contribution < 1.29 is 22.7 Å². The molecule has 1 amide bonds. The van der Waals surface area contributed by atoms with Crippen LogP contribution in [0.15, 0.2) is 18.2 Å². The number of amides is 1. The zero-order valence-corrected chi connectivity index (χ0v) is 15.9. The number of nitrogens with one attached hydrogen (secondary N) is 1. The number of nitrogens with zero attached hydrogens (tertiary/aromatic N) is 1. The first-order valence-corrected chi connectivity index (χ1v) is 10.9. The van der Waals surface area contributed by atoms with Crippen molar-refractivity contribution in [3.63, 3.8) is 0 Å². The van der Waals surface area contributed by atoms with Gasteiger partial charge in [-0.3, -0.25) is 4.79 Å². The number of hydrogen-bond acceptors (Lipinski definition) is 5. The summed E-state index contributed by atoms with van der Waals surface area (Å²) >= 11 is 0. The van der Waals surface area contributed by atoms with Gasteiger partial charge in [0, 0.05) is 25.6 Å². The van der Waals surface area contributed by atoms with E-state index in [0.717, 1.165) is 31.2 Å². The van der Waals surface area contributed by atoms with Crippen molar-refractivity contribution in [1.29, 1.82) is 0 Å². The minimum absolute atomic E-state index is 0.0428. The quantitative estimate of drug-likeness (QED) is 0.778. The third-order valence-electron chi connectivity index (χ3n) is 4.90. The molecule has 1 heterocycles. The molecular weight excluding hydrogens is 356 g/mol. The van der Waals surface area contributed by atoms with Crippen LogP contribution in [0.4, 0.5) is 0 Å². The van der Waals surface area contributed by atoms with E-state index in [2.05, 4.69) is 5.32 Å². The first-order valence-electron chi connectivity index (χ1n) is 9.05. The molecule has 3 rings (SSSR count). The monoisotopic (exact) mass is 382 g/mol. The minimum Gasteiger partial charge on any atom is -0.454 e. The van der Waals surface area contributed by atoms with Gasteiger partial charge in [0.15, 0.2) is 11.5 Å². The lowest BCUT2D eigenvalue weighted by Gasteiger charge is -2.23. The number of hydrogen-bond donors (Lipinski definition) is 1. The van der Waals surface area contributed by atoms with E-state index in [0.29, 0.717) is 18.0 Å². The minimum atomic E-state index is -3.39. The molecule has 2 aliphatic rings. The summed E-state index contributed by atoms with van der Waals surface area (Å²) in [7, 11) is -3.39. The number of fused-ring (bicyclic) bond motifs is 1. The third-order valence-corrected chi connectivity index (χ3v) is 6.15. The van der Waals surface area contributed by atoms with E-state index >= 15 is 0 Å². The van der Waals surface area contributed by atoms with Crippen LogP contribution in [0.3, 0.4) is 0 Å². The molecule has 1 fully saturated rings. The molecule has 7 nitrogen and oxygen atoms in total. The van der Waals surface area contributed by atoms with Crippen LogP contribution >= 0.6 is 0 Å². The number of rotatable bonds is 7. The van der Waals surface area contributed by atoms with Gasteiger partial charge in [-0.15, -0.1) is 0 Å². The maximum atomic E-state index is 12.2. The molecule has 0 bridgehead atoms. The van der Waals surface area contributed by atoms with Gasteiger partial charge in [0.1, 0.15) is 0 Å². The van der Waals surface area contributed by atoms with Crippen LogP contribution in [0.25, 0.3) is 0 Å². The lowest BCUT2D eigenvalue weighted by Crippen LogP contribution is -2.40. The van der Waals surface area contributed by atoms with Gasteiger partial charge in [0.2, 0.25) is 22.7 Å². The van der Waals surface area contributed by atoms with Gasteiger partial charge in [-0.05, 0) is 30.5 Å². The lowest BCUT2D eigenvalue weighted by atomic mass is 9.89. The van der Waals surface area contributed by atoms with Gasteiger partial charge < -0.3 is 14.8 Å². The molecule has 1 aliphatic carbocycles. The van der Waals surface area contributed by atoms with Gasteiger partial charge in [-0.25, -0.2) is 8.42 Å².